The largest absolute Gasteiger partial charge is 0.381 e. The van der Waals surface area contributed by atoms with E-state index in [9.17, 15) is 4.79 Å². The lowest BCUT2D eigenvalue weighted by molar-refractivity contribution is 0.0271. The van der Waals surface area contributed by atoms with Gasteiger partial charge >= 0.3 is 0 Å². The van der Waals surface area contributed by atoms with Gasteiger partial charge in [-0.3, -0.25) is 4.79 Å². The maximum atomic E-state index is 13.3. The number of amides is 1. The van der Waals surface area contributed by atoms with Crippen LogP contribution in [0.5, 0.6) is 0 Å². The third-order valence-electron chi connectivity index (χ3n) is 4.62. The van der Waals surface area contributed by atoms with Crippen LogP contribution in [0.25, 0.3) is 10.9 Å². The highest BCUT2D eigenvalue weighted by atomic mass is 32.1. The number of nitrogens with one attached hydrogen (secondary N) is 1. The van der Waals surface area contributed by atoms with Crippen LogP contribution >= 0.6 is 11.3 Å². The molecule has 0 unspecified atom stereocenters. The fraction of sp³-hybridized carbons (Fsp3) is 0.316. The molecule has 3 heterocycles. The normalized spacial score (nSPS) is 15.7. The summed E-state index contributed by atoms with van der Waals surface area (Å²) in [5.74, 6) is 0.104. The molecule has 4 nitrogen and oxygen atoms in total. The number of hydrogen-bond acceptors (Lipinski definition) is 3. The van der Waals surface area contributed by atoms with Gasteiger partial charge in [-0.15, -0.1) is 11.3 Å². The molecule has 0 spiro atoms. The van der Waals surface area contributed by atoms with E-state index in [1.807, 2.05) is 41.4 Å². The predicted molar refractivity (Wildman–Crippen MR) is 96.3 cm³/mol. The summed E-state index contributed by atoms with van der Waals surface area (Å²) in [5, 5.41) is 3.05. The van der Waals surface area contributed by atoms with Crippen LogP contribution in [0.3, 0.4) is 0 Å². The monoisotopic (exact) mass is 340 g/mol. The smallest absolute Gasteiger partial charge is 0.256 e. The summed E-state index contributed by atoms with van der Waals surface area (Å²) >= 11 is 1.70. The minimum Gasteiger partial charge on any atom is -0.381 e. The van der Waals surface area contributed by atoms with E-state index < -0.39 is 0 Å². The lowest BCUT2D eigenvalue weighted by Gasteiger charge is -2.34. The van der Waals surface area contributed by atoms with Gasteiger partial charge in [0.25, 0.3) is 5.91 Å². The van der Waals surface area contributed by atoms with Gasteiger partial charge in [0, 0.05) is 41.2 Å². The van der Waals surface area contributed by atoms with Crippen molar-refractivity contribution in [3.63, 3.8) is 0 Å². The third-order valence-corrected chi connectivity index (χ3v) is 5.48. The lowest BCUT2D eigenvalue weighted by atomic mass is 10.0. The standard InChI is InChI=1S/C19H20N2O2S/c22-19(17-12-20-18-6-2-1-5-16(17)18)21(13-15-4-3-11-24-15)14-7-9-23-10-8-14/h1-6,11-12,14,20H,7-10,13H2. The van der Waals surface area contributed by atoms with Crippen molar-refractivity contribution >= 4 is 28.1 Å². The van der Waals surface area contributed by atoms with E-state index in [-0.39, 0.29) is 11.9 Å². The molecule has 1 fully saturated rings. The highest BCUT2D eigenvalue weighted by Crippen LogP contribution is 2.25. The molecule has 24 heavy (non-hydrogen) atoms. The zero-order chi connectivity index (χ0) is 16.4. The molecule has 1 aromatic carbocycles. The first kappa shape index (κ1) is 15.4. The first-order chi connectivity index (χ1) is 11.8. The topological polar surface area (TPSA) is 45.3 Å². The van der Waals surface area contributed by atoms with Crippen LogP contribution in [0.15, 0.2) is 48.0 Å². The fourth-order valence-electron chi connectivity index (χ4n) is 3.34. The maximum Gasteiger partial charge on any atom is 0.256 e. The Morgan fingerprint density at radius 3 is 2.83 bits per heavy atom. The van der Waals surface area contributed by atoms with Gasteiger partial charge in [0.1, 0.15) is 0 Å². The summed E-state index contributed by atoms with van der Waals surface area (Å²) in [4.78, 5) is 19.8. The molecule has 0 radical (unpaired) electrons. The molecule has 1 aliphatic rings. The highest BCUT2D eigenvalue weighted by Gasteiger charge is 2.28. The van der Waals surface area contributed by atoms with Crippen LogP contribution in [0.4, 0.5) is 0 Å². The zero-order valence-electron chi connectivity index (χ0n) is 13.4. The number of aromatic amines is 1. The number of aromatic nitrogens is 1. The molecule has 1 saturated heterocycles. The Morgan fingerprint density at radius 1 is 1.21 bits per heavy atom. The van der Waals surface area contributed by atoms with Gasteiger partial charge in [0.05, 0.1) is 12.1 Å². The van der Waals surface area contributed by atoms with Crippen LogP contribution < -0.4 is 0 Å². The summed E-state index contributed by atoms with van der Waals surface area (Å²) in [6.45, 7) is 2.13. The summed E-state index contributed by atoms with van der Waals surface area (Å²) in [7, 11) is 0. The number of H-pyrrole nitrogens is 1. The van der Waals surface area contributed by atoms with Crippen molar-refractivity contribution in [2.45, 2.75) is 25.4 Å². The number of carbonyl (C=O) groups is 1. The van der Waals surface area contributed by atoms with Gasteiger partial charge in [0.2, 0.25) is 0 Å². The second kappa shape index (κ2) is 6.79. The van der Waals surface area contributed by atoms with Crippen molar-refractivity contribution in [3.8, 4) is 0 Å². The minimum atomic E-state index is 0.104. The number of carbonyl (C=O) groups excluding carboxylic acids is 1. The molecule has 0 atom stereocenters. The van der Waals surface area contributed by atoms with E-state index in [4.69, 9.17) is 4.74 Å². The van der Waals surface area contributed by atoms with E-state index in [0.717, 1.165) is 42.5 Å². The number of benzene rings is 1. The molecule has 5 heteroatoms. The number of rotatable bonds is 4. The van der Waals surface area contributed by atoms with Crippen molar-refractivity contribution in [1.82, 2.24) is 9.88 Å². The van der Waals surface area contributed by atoms with Crippen molar-refractivity contribution in [3.05, 3.63) is 58.4 Å². The van der Waals surface area contributed by atoms with Gasteiger partial charge in [-0.25, -0.2) is 0 Å². The molecule has 0 aliphatic carbocycles. The van der Waals surface area contributed by atoms with Gasteiger partial charge in [-0.1, -0.05) is 24.3 Å². The van der Waals surface area contributed by atoms with Crippen LogP contribution in [0.1, 0.15) is 28.1 Å². The Bertz CT molecular complexity index is 819. The second-order valence-corrected chi connectivity index (χ2v) is 7.14. The number of hydrogen-bond donors (Lipinski definition) is 1. The van der Waals surface area contributed by atoms with Gasteiger partial charge in [0.15, 0.2) is 0 Å². The number of ether oxygens (including phenoxy) is 1. The third kappa shape index (κ3) is 2.97. The van der Waals surface area contributed by atoms with Crippen molar-refractivity contribution in [1.29, 1.82) is 0 Å². The average Bonchev–Trinajstić information content (AvgIpc) is 3.29. The molecule has 1 N–H and O–H groups in total. The summed E-state index contributed by atoms with van der Waals surface area (Å²) in [6, 6.07) is 12.3. The van der Waals surface area contributed by atoms with E-state index >= 15 is 0 Å². The van der Waals surface area contributed by atoms with Gasteiger partial charge in [-0.05, 0) is 30.4 Å². The Labute approximate surface area is 145 Å². The summed E-state index contributed by atoms with van der Waals surface area (Å²) in [5.41, 5.74) is 1.76. The molecule has 1 aliphatic heterocycles. The molecule has 1 amide bonds. The first-order valence-corrected chi connectivity index (χ1v) is 9.18. The molecule has 2 aromatic heterocycles. The molecule has 0 bridgehead atoms. The SMILES string of the molecule is O=C(c1c[nH]c2ccccc12)N(Cc1cccs1)C1CCOCC1. The Hall–Kier alpha value is -2.11. The van der Waals surface area contributed by atoms with E-state index in [0.29, 0.717) is 6.54 Å². The van der Waals surface area contributed by atoms with Gasteiger partial charge < -0.3 is 14.6 Å². The molecular weight excluding hydrogens is 320 g/mol. The number of nitrogens with zero attached hydrogens (tertiary/aromatic N) is 1. The number of fused-ring (bicyclic) bond motifs is 1. The van der Waals surface area contributed by atoms with E-state index in [2.05, 4.69) is 16.4 Å². The molecule has 4 rings (SSSR count). The zero-order valence-corrected chi connectivity index (χ0v) is 14.2. The summed E-state index contributed by atoms with van der Waals surface area (Å²) in [6.07, 6.45) is 3.65. The lowest BCUT2D eigenvalue weighted by Crippen LogP contribution is -2.42. The molecule has 0 saturated carbocycles. The van der Waals surface area contributed by atoms with Crippen LogP contribution in [-0.4, -0.2) is 35.0 Å². The average molecular weight is 340 g/mol. The van der Waals surface area contributed by atoms with Crippen LogP contribution in [-0.2, 0) is 11.3 Å². The van der Waals surface area contributed by atoms with Crippen molar-refractivity contribution in [2.75, 3.05) is 13.2 Å². The Kier molecular flexibility index (Phi) is 4.36. The van der Waals surface area contributed by atoms with E-state index in [1.165, 1.54) is 4.88 Å². The highest BCUT2D eigenvalue weighted by molar-refractivity contribution is 7.09. The second-order valence-electron chi connectivity index (χ2n) is 6.10. The van der Waals surface area contributed by atoms with E-state index in [1.54, 1.807) is 11.3 Å². The molecule has 3 aromatic rings. The number of para-hydroxylation sites is 1. The van der Waals surface area contributed by atoms with Crippen LogP contribution in [0.2, 0.25) is 0 Å². The number of thiophene rings is 1. The molecule has 124 valence electrons. The van der Waals surface area contributed by atoms with Crippen molar-refractivity contribution < 1.29 is 9.53 Å². The molecular formula is C19H20N2O2S. The van der Waals surface area contributed by atoms with Gasteiger partial charge in [-0.2, -0.15) is 0 Å². The Morgan fingerprint density at radius 2 is 2.04 bits per heavy atom. The Balaban J connectivity index is 1.67. The fourth-order valence-corrected chi connectivity index (χ4v) is 4.04. The quantitative estimate of drug-likeness (QED) is 0.779. The van der Waals surface area contributed by atoms with Crippen molar-refractivity contribution in [2.24, 2.45) is 0 Å². The van der Waals surface area contributed by atoms with Crippen LogP contribution in [0, 0.1) is 0 Å². The summed E-state index contributed by atoms with van der Waals surface area (Å²) < 4.78 is 5.48. The first-order valence-electron chi connectivity index (χ1n) is 8.30. The predicted octanol–water partition coefficient (Wildman–Crippen LogP) is 4.05. The minimum absolute atomic E-state index is 0.104. The maximum absolute atomic E-state index is 13.3.